The van der Waals surface area contributed by atoms with Crippen molar-refractivity contribution in [2.45, 2.75) is 26.1 Å². The summed E-state index contributed by atoms with van der Waals surface area (Å²) in [7, 11) is 0. The van der Waals surface area contributed by atoms with Crippen molar-refractivity contribution in [1.82, 2.24) is 4.90 Å². The van der Waals surface area contributed by atoms with Crippen LogP contribution in [0.4, 0.5) is 0 Å². The van der Waals surface area contributed by atoms with E-state index in [1.54, 1.807) is 0 Å². The van der Waals surface area contributed by atoms with E-state index in [0.717, 1.165) is 9.35 Å². The van der Waals surface area contributed by atoms with Gasteiger partial charge in [-0.2, -0.15) is 0 Å². The van der Waals surface area contributed by atoms with Gasteiger partial charge in [0.05, 0.1) is 12.2 Å². The van der Waals surface area contributed by atoms with Crippen molar-refractivity contribution in [2.24, 2.45) is 0 Å². The molecule has 1 amide bonds. The Labute approximate surface area is 108 Å². The van der Waals surface area contributed by atoms with Gasteiger partial charge in [0.15, 0.2) is 0 Å². The molecule has 16 heavy (non-hydrogen) atoms. The number of amides is 1. The van der Waals surface area contributed by atoms with E-state index >= 15 is 0 Å². The van der Waals surface area contributed by atoms with Crippen molar-refractivity contribution in [3.05, 3.63) is 20.8 Å². The van der Waals surface area contributed by atoms with E-state index < -0.39 is 0 Å². The predicted octanol–water partition coefficient (Wildman–Crippen LogP) is 2.76. The van der Waals surface area contributed by atoms with E-state index in [4.69, 9.17) is 4.74 Å². The van der Waals surface area contributed by atoms with Crippen LogP contribution in [0.3, 0.4) is 0 Å². The van der Waals surface area contributed by atoms with E-state index in [0.29, 0.717) is 13.1 Å². The third kappa shape index (κ3) is 2.47. The topological polar surface area (TPSA) is 29.5 Å². The molecule has 1 fully saturated rings. The number of hydrogen-bond donors (Lipinski definition) is 0. The minimum atomic E-state index is 0.101. The number of thiophene rings is 1. The van der Waals surface area contributed by atoms with Crippen LogP contribution in [0.1, 0.15) is 23.5 Å². The minimum Gasteiger partial charge on any atom is -0.372 e. The third-order valence-electron chi connectivity index (χ3n) is 2.52. The van der Waals surface area contributed by atoms with Crippen molar-refractivity contribution in [2.75, 3.05) is 13.1 Å². The number of halogens is 1. The molecular formula is C11H14BrNO2S. The fraction of sp³-hybridized carbons (Fsp3) is 0.545. The van der Waals surface area contributed by atoms with E-state index in [1.165, 1.54) is 11.3 Å². The minimum absolute atomic E-state index is 0.101. The quantitative estimate of drug-likeness (QED) is 0.798. The number of morpholine rings is 1. The van der Waals surface area contributed by atoms with E-state index in [-0.39, 0.29) is 18.1 Å². The molecule has 1 aliphatic rings. The zero-order valence-corrected chi connectivity index (χ0v) is 11.7. The fourth-order valence-corrected chi connectivity index (χ4v) is 3.44. The van der Waals surface area contributed by atoms with Crippen LogP contribution in [0, 0.1) is 0 Å². The SMILES string of the molecule is C[C@@H]1CN(C(=O)c2sccc2Br)C[C@H](C)O1. The van der Waals surface area contributed by atoms with Gasteiger partial charge in [-0.25, -0.2) is 0 Å². The fourth-order valence-electron chi connectivity index (χ4n) is 1.93. The molecule has 0 aliphatic carbocycles. The lowest BCUT2D eigenvalue weighted by Crippen LogP contribution is -2.48. The maximum atomic E-state index is 12.2. The Morgan fingerprint density at radius 2 is 2.12 bits per heavy atom. The lowest BCUT2D eigenvalue weighted by Gasteiger charge is -2.35. The number of nitrogens with zero attached hydrogens (tertiary/aromatic N) is 1. The van der Waals surface area contributed by atoms with Gasteiger partial charge in [0, 0.05) is 17.6 Å². The van der Waals surface area contributed by atoms with Gasteiger partial charge in [-0.1, -0.05) is 0 Å². The zero-order valence-electron chi connectivity index (χ0n) is 9.27. The molecule has 2 rings (SSSR count). The van der Waals surface area contributed by atoms with Gasteiger partial charge in [0.2, 0.25) is 0 Å². The van der Waals surface area contributed by atoms with E-state index in [1.807, 2.05) is 30.2 Å². The third-order valence-corrected chi connectivity index (χ3v) is 4.34. The summed E-state index contributed by atoms with van der Waals surface area (Å²) in [5, 5.41) is 1.92. The largest absolute Gasteiger partial charge is 0.372 e. The number of carbonyl (C=O) groups excluding carboxylic acids is 1. The van der Waals surface area contributed by atoms with Crippen LogP contribution < -0.4 is 0 Å². The maximum Gasteiger partial charge on any atom is 0.265 e. The summed E-state index contributed by atoms with van der Waals surface area (Å²) in [5.41, 5.74) is 0. The van der Waals surface area contributed by atoms with Crippen LogP contribution in [0.2, 0.25) is 0 Å². The van der Waals surface area contributed by atoms with Crippen molar-refractivity contribution in [1.29, 1.82) is 0 Å². The Balaban J connectivity index is 2.13. The molecule has 1 aromatic heterocycles. The van der Waals surface area contributed by atoms with Gasteiger partial charge < -0.3 is 9.64 Å². The summed E-state index contributed by atoms with van der Waals surface area (Å²) in [6, 6.07) is 1.91. The summed E-state index contributed by atoms with van der Waals surface area (Å²) in [6.45, 7) is 5.35. The van der Waals surface area contributed by atoms with Crippen molar-refractivity contribution >= 4 is 33.2 Å². The lowest BCUT2D eigenvalue weighted by atomic mass is 10.2. The standard InChI is InChI=1S/C11H14BrNO2S/c1-7-5-13(6-8(2)15-7)11(14)10-9(12)3-4-16-10/h3-4,7-8H,5-6H2,1-2H3/t7-,8+. The molecule has 1 aromatic rings. The molecule has 5 heteroatoms. The van der Waals surface area contributed by atoms with Crippen molar-refractivity contribution in [3.8, 4) is 0 Å². The number of hydrogen-bond acceptors (Lipinski definition) is 3. The second-order valence-electron chi connectivity index (χ2n) is 4.07. The summed E-state index contributed by atoms with van der Waals surface area (Å²) in [6.07, 6.45) is 0.234. The highest BCUT2D eigenvalue weighted by Gasteiger charge is 2.27. The Bertz CT molecular complexity index is 383. The van der Waals surface area contributed by atoms with Crippen molar-refractivity contribution in [3.63, 3.8) is 0 Å². The van der Waals surface area contributed by atoms with Gasteiger partial charge in [-0.15, -0.1) is 11.3 Å². The van der Waals surface area contributed by atoms with E-state index in [2.05, 4.69) is 15.9 Å². The number of rotatable bonds is 1. The van der Waals surface area contributed by atoms with Crippen LogP contribution >= 0.6 is 27.3 Å². The van der Waals surface area contributed by atoms with Crippen molar-refractivity contribution < 1.29 is 9.53 Å². The lowest BCUT2D eigenvalue weighted by molar-refractivity contribution is -0.0585. The Morgan fingerprint density at radius 1 is 1.50 bits per heavy atom. The molecule has 2 atom stereocenters. The van der Waals surface area contributed by atoms with Gasteiger partial charge in [-0.3, -0.25) is 4.79 Å². The van der Waals surface area contributed by atoms with Gasteiger partial charge in [-0.05, 0) is 41.2 Å². The van der Waals surface area contributed by atoms with Gasteiger partial charge >= 0.3 is 0 Å². The summed E-state index contributed by atoms with van der Waals surface area (Å²) in [5.74, 6) is 0.101. The first-order chi connectivity index (χ1) is 7.58. The molecule has 0 N–H and O–H groups in total. The van der Waals surface area contributed by atoms with Gasteiger partial charge in [0.25, 0.3) is 5.91 Å². The van der Waals surface area contributed by atoms with Crippen LogP contribution in [0.5, 0.6) is 0 Å². The molecule has 1 aliphatic heterocycles. The molecule has 0 bridgehead atoms. The molecular weight excluding hydrogens is 290 g/mol. The Hall–Kier alpha value is -0.390. The average Bonchev–Trinajstić information content (AvgIpc) is 2.62. The average molecular weight is 304 g/mol. The number of carbonyl (C=O) groups is 1. The Kier molecular flexibility index (Phi) is 3.66. The van der Waals surface area contributed by atoms with Crippen LogP contribution in [-0.2, 0) is 4.74 Å². The van der Waals surface area contributed by atoms with Gasteiger partial charge in [0.1, 0.15) is 4.88 Å². The second kappa shape index (κ2) is 4.85. The summed E-state index contributed by atoms with van der Waals surface area (Å²) < 4.78 is 6.50. The smallest absolute Gasteiger partial charge is 0.265 e. The Morgan fingerprint density at radius 3 is 2.62 bits per heavy atom. The highest BCUT2D eigenvalue weighted by atomic mass is 79.9. The molecule has 3 nitrogen and oxygen atoms in total. The summed E-state index contributed by atoms with van der Waals surface area (Å²) in [4.78, 5) is 14.9. The summed E-state index contributed by atoms with van der Waals surface area (Å²) >= 11 is 4.87. The monoisotopic (exact) mass is 303 g/mol. The molecule has 1 saturated heterocycles. The molecule has 0 unspecified atom stereocenters. The van der Waals surface area contributed by atoms with Crippen LogP contribution in [0.15, 0.2) is 15.9 Å². The predicted molar refractivity (Wildman–Crippen MR) is 67.9 cm³/mol. The second-order valence-corrected chi connectivity index (χ2v) is 5.84. The number of ether oxygens (including phenoxy) is 1. The van der Waals surface area contributed by atoms with E-state index in [9.17, 15) is 4.79 Å². The first-order valence-electron chi connectivity index (χ1n) is 5.25. The molecule has 88 valence electrons. The molecule has 0 spiro atoms. The first kappa shape index (κ1) is 12.1. The van der Waals surface area contributed by atoms with Crippen LogP contribution in [0.25, 0.3) is 0 Å². The molecule has 0 saturated carbocycles. The van der Waals surface area contributed by atoms with Crippen LogP contribution in [-0.4, -0.2) is 36.1 Å². The highest BCUT2D eigenvalue weighted by Crippen LogP contribution is 2.25. The normalized spacial score (nSPS) is 25.8. The molecule has 0 aromatic carbocycles. The highest BCUT2D eigenvalue weighted by molar-refractivity contribution is 9.10. The zero-order chi connectivity index (χ0) is 11.7. The molecule has 2 heterocycles. The maximum absolute atomic E-state index is 12.2. The first-order valence-corrected chi connectivity index (χ1v) is 6.93. The molecule has 0 radical (unpaired) electrons.